The molecule has 0 fully saturated rings. The van der Waals surface area contributed by atoms with Crippen molar-refractivity contribution in [3.05, 3.63) is 83.8 Å². The van der Waals surface area contributed by atoms with Gasteiger partial charge in [-0.2, -0.15) is 5.10 Å². The van der Waals surface area contributed by atoms with Gasteiger partial charge in [-0.25, -0.2) is 9.97 Å². The van der Waals surface area contributed by atoms with Crippen LogP contribution in [-0.4, -0.2) is 90.2 Å². The molecule has 0 atom stereocenters. The SMILES string of the molecule is COc1ccc2cc1OCCCN(C(=O)Cc1cn(C)nc1C)CCCCN(C(=O)c1cn3c(C)cccc3n1)CCn1ccnc1-2. The molecule has 246 valence electrons. The van der Waals surface area contributed by atoms with E-state index in [1.54, 1.807) is 18.0 Å². The molecule has 0 saturated carbocycles. The van der Waals surface area contributed by atoms with Crippen molar-refractivity contribution < 1.29 is 19.1 Å². The molecular weight excluding hydrogens is 596 g/mol. The Balaban J connectivity index is 1.27. The van der Waals surface area contributed by atoms with Crippen LogP contribution in [0.3, 0.4) is 0 Å². The number of carbonyl (C=O) groups excluding carboxylic acids is 2. The fourth-order valence-electron chi connectivity index (χ4n) is 6.14. The Morgan fingerprint density at radius 3 is 2.53 bits per heavy atom. The zero-order chi connectivity index (χ0) is 32.9. The number of rotatable bonds is 4. The number of pyridine rings is 1. The summed E-state index contributed by atoms with van der Waals surface area (Å²) in [5.41, 5.74) is 4.83. The highest BCUT2D eigenvalue weighted by molar-refractivity contribution is 5.93. The Morgan fingerprint density at radius 1 is 0.957 bits per heavy atom. The maximum absolute atomic E-state index is 14.0. The van der Waals surface area contributed by atoms with Crippen molar-refractivity contribution >= 4 is 17.5 Å². The van der Waals surface area contributed by atoms with Crippen molar-refractivity contribution in [1.82, 2.24) is 38.5 Å². The molecule has 6 rings (SSSR count). The van der Waals surface area contributed by atoms with E-state index in [9.17, 15) is 9.59 Å². The maximum Gasteiger partial charge on any atom is 0.274 e. The minimum absolute atomic E-state index is 0.0528. The van der Waals surface area contributed by atoms with Gasteiger partial charge in [0.05, 0.1) is 25.8 Å². The number of benzene rings is 1. The molecule has 2 amide bonds. The number of aryl methyl sites for hydroxylation is 3. The number of methoxy groups -OCH3 is 1. The van der Waals surface area contributed by atoms with E-state index in [1.165, 1.54) is 0 Å². The lowest BCUT2D eigenvalue weighted by Gasteiger charge is -2.25. The van der Waals surface area contributed by atoms with E-state index in [4.69, 9.17) is 9.47 Å². The van der Waals surface area contributed by atoms with Gasteiger partial charge in [-0.05, 0) is 63.4 Å². The second-order valence-electron chi connectivity index (χ2n) is 12.0. The van der Waals surface area contributed by atoms with Gasteiger partial charge in [-0.3, -0.25) is 14.3 Å². The van der Waals surface area contributed by atoms with Gasteiger partial charge in [-0.1, -0.05) is 6.07 Å². The van der Waals surface area contributed by atoms with Crippen LogP contribution in [0.25, 0.3) is 17.0 Å². The maximum atomic E-state index is 14.0. The van der Waals surface area contributed by atoms with Crippen LogP contribution < -0.4 is 9.47 Å². The van der Waals surface area contributed by atoms with Crippen LogP contribution >= 0.6 is 0 Å². The smallest absolute Gasteiger partial charge is 0.274 e. The molecule has 0 N–H and O–H groups in total. The fourth-order valence-corrected chi connectivity index (χ4v) is 6.14. The number of hydrogen-bond acceptors (Lipinski definition) is 7. The van der Waals surface area contributed by atoms with Gasteiger partial charge < -0.3 is 28.2 Å². The second-order valence-corrected chi connectivity index (χ2v) is 12.0. The summed E-state index contributed by atoms with van der Waals surface area (Å²) in [6.45, 7) is 7.03. The van der Waals surface area contributed by atoms with Gasteiger partial charge >= 0.3 is 0 Å². The molecule has 1 aliphatic heterocycles. The highest BCUT2D eigenvalue weighted by Gasteiger charge is 2.22. The summed E-state index contributed by atoms with van der Waals surface area (Å²) in [6.07, 6.45) is 9.85. The number of hydrogen-bond donors (Lipinski definition) is 0. The molecule has 1 aromatic carbocycles. The Bertz CT molecular complexity index is 1870. The summed E-state index contributed by atoms with van der Waals surface area (Å²) in [6, 6.07) is 11.6. The number of amides is 2. The lowest BCUT2D eigenvalue weighted by atomic mass is 10.1. The molecular formula is C35H42N8O4. The topological polar surface area (TPSA) is 112 Å². The number of nitrogens with zero attached hydrogens (tertiary/aromatic N) is 8. The average molecular weight is 639 g/mol. The predicted octanol–water partition coefficient (Wildman–Crippen LogP) is 4.33. The van der Waals surface area contributed by atoms with Crippen molar-refractivity contribution in [2.45, 2.75) is 46.1 Å². The highest BCUT2D eigenvalue weighted by atomic mass is 16.5. The van der Waals surface area contributed by atoms with E-state index in [0.29, 0.717) is 69.4 Å². The van der Waals surface area contributed by atoms with Crippen molar-refractivity contribution in [3.63, 3.8) is 0 Å². The zero-order valence-corrected chi connectivity index (χ0v) is 27.6. The monoisotopic (exact) mass is 638 g/mol. The van der Waals surface area contributed by atoms with Crippen LogP contribution in [0.4, 0.5) is 0 Å². The predicted molar refractivity (Wildman–Crippen MR) is 178 cm³/mol. The first kappa shape index (κ1) is 31.8. The van der Waals surface area contributed by atoms with Gasteiger partial charge in [0.1, 0.15) is 17.2 Å². The number of aromatic nitrogens is 6. The lowest BCUT2D eigenvalue weighted by Crippen LogP contribution is -2.37. The van der Waals surface area contributed by atoms with Crippen molar-refractivity contribution in [2.24, 2.45) is 7.05 Å². The van der Waals surface area contributed by atoms with Crippen LogP contribution in [0.2, 0.25) is 0 Å². The van der Waals surface area contributed by atoms with Gasteiger partial charge in [0, 0.05) is 81.4 Å². The van der Waals surface area contributed by atoms with Crippen LogP contribution in [0, 0.1) is 13.8 Å². The quantitative estimate of drug-likeness (QED) is 0.288. The van der Waals surface area contributed by atoms with Gasteiger partial charge in [-0.15, -0.1) is 0 Å². The van der Waals surface area contributed by atoms with Gasteiger partial charge in [0.15, 0.2) is 11.5 Å². The van der Waals surface area contributed by atoms with Crippen molar-refractivity contribution in [3.8, 4) is 22.9 Å². The molecule has 0 aliphatic carbocycles. The summed E-state index contributed by atoms with van der Waals surface area (Å²) in [7, 11) is 3.49. The molecule has 0 spiro atoms. The molecule has 12 nitrogen and oxygen atoms in total. The summed E-state index contributed by atoms with van der Waals surface area (Å²) >= 11 is 0. The van der Waals surface area contributed by atoms with E-state index < -0.39 is 0 Å². The molecule has 5 aromatic rings. The van der Waals surface area contributed by atoms with E-state index >= 15 is 0 Å². The van der Waals surface area contributed by atoms with E-state index in [0.717, 1.165) is 46.8 Å². The van der Waals surface area contributed by atoms with Gasteiger partial charge in [0.25, 0.3) is 5.91 Å². The number of imidazole rings is 2. The number of carbonyl (C=O) groups is 2. The second kappa shape index (κ2) is 14.1. The first-order valence-electron chi connectivity index (χ1n) is 16.1. The number of ether oxygens (including phenoxy) is 2. The van der Waals surface area contributed by atoms with Crippen LogP contribution in [-0.2, 0) is 24.8 Å². The van der Waals surface area contributed by atoms with E-state index in [1.807, 2.05) is 90.1 Å². The molecule has 0 radical (unpaired) electrons. The molecule has 5 heterocycles. The molecule has 12 heteroatoms. The van der Waals surface area contributed by atoms with Crippen molar-refractivity contribution in [1.29, 1.82) is 0 Å². The third-order valence-electron chi connectivity index (χ3n) is 8.70. The fraction of sp³-hybridized carbons (Fsp3) is 0.400. The lowest BCUT2D eigenvalue weighted by molar-refractivity contribution is -0.130. The highest BCUT2D eigenvalue weighted by Crippen LogP contribution is 2.32. The largest absolute Gasteiger partial charge is 0.493 e. The van der Waals surface area contributed by atoms with Crippen LogP contribution in [0.1, 0.15) is 46.7 Å². The number of fused-ring (bicyclic) bond motifs is 5. The first-order chi connectivity index (χ1) is 22.8. The zero-order valence-electron chi connectivity index (χ0n) is 27.6. The summed E-state index contributed by atoms with van der Waals surface area (Å²) in [5, 5.41) is 4.41. The third-order valence-corrected chi connectivity index (χ3v) is 8.70. The molecule has 0 unspecified atom stereocenters. The van der Waals surface area contributed by atoms with Crippen molar-refractivity contribution in [2.75, 3.05) is 39.9 Å². The molecule has 47 heavy (non-hydrogen) atoms. The minimum atomic E-state index is -0.118. The van der Waals surface area contributed by atoms with Gasteiger partial charge in [0.2, 0.25) is 5.91 Å². The van der Waals surface area contributed by atoms with Crippen LogP contribution in [0.15, 0.2) is 61.2 Å². The summed E-state index contributed by atoms with van der Waals surface area (Å²) in [4.78, 5) is 40.6. The normalized spacial score (nSPS) is 14.8. The first-order valence-corrected chi connectivity index (χ1v) is 16.1. The summed E-state index contributed by atoms with van der Waals surface area (Å²) < 4.78 is 17.5. The summed E-state index contributed by atoms with van der Waals surface area (Å²) in [5.74, 6) is 1.96. The standard InChI is InChI=1S/C35H42N8O4/c1-25-9-7-10-32-37-29(24-43(25)32)35(45)42-15-6-5-14-40(33(44)22-28-23-39(3)38-26(28)2)16-8-20-47-31-21-27(11-12-30(31)46-4)34-36-13-17-41(34)18-19-42/h7,9-13,17,21,23-24H,5-6,8,14-16,18-20,22H2,1-4H3. The molecule has 1 aliphatic rings. The molecule has 0 saturated heterocycles. The Hall–Kier alpha value is -5.13. The Kier molecular flexibility index (Phi) is 9.55. The minimum Gasteiger partial charge on any atom is -0.493 e. The van der Waals surface area contributed by atoms with E-state index in [2.05, 4.69) is 19.6 Å². The third kappa shape index (κ3) is 7.16. The van der Waals surface area contributed by atoms with E-state index in [-0.39, 0.29) is 11.8 Å². The Labute approximate surface area is 274 Å². The molecule has 4 aromatic heterocycles. The molecule has 2 bridgehead atoms. The Morgan fingerprint density at radius 2 is 1.77 bits per heavy atom. The average Bonchev–Trinajstić information content (AvgIpc) is 3.79. The van der Waals surface area contributed by atoms with Crippen LogP contribution in [0.5, 0.6) is 11.5 Å².